The lowest BCUT2D eigenvalue weighted by Crippen LogP contribution is -2.47. The predicted molar refractivity (Wildman–Crippen MR) is 66.1 cm³/mol. The molecule has 0 bridgehead atoms. The molecule has 0 heterocycles. The summed E-state index contributed by atoms with van der Waals surface area (Å²) in [7, 11) is 0. The highest BCUT2D eigenvalue weighted by Gasteiger charge is 2.29. The van der Waals surface area contributed by atoms with Crippen LogP contribution in [0.2, 0.25) is 0 Å². The number of aliphatic hydroxyl groups is 5. The van der Waals surface area contributed by atoms with Crippen molar-refractivity contribution in [3.8, 4) is 0 Å². The van der Waals surface area contributed by atoms with Gasteiger partial charge in [0, 0.05) is 6.61 Å². The summed E-state index contributed by atoms with van der Waals surface area (Å²) in [5, 5.41) is 46.0. The minimum Gasteiger partial charge on any atom is -0.394 e. The molecular formula is C12H26O6. The summed E-state index contributed by atoms with van der Waals surface area (Å²) in [5.74, 6) is 0. The number of hydrogen-bond acceptors (Lipinski definition) is 6. The molecule has 0 aromatic rings. The highest BCUT2D eigenvalue weighted by Crippen LogP contribution is 2.06. The molecule has 0 aromatic carbocycles. The van der Waals surface area contributed by atoms with Gasteiger partial charge in [0.1, 0.15) is 24.4 Å². The zero-order valence-electron chi connectivity index (χ0n) is 10.9. The Kier molecular flexibility index (Phi) is 10.5. The molecule has 0 rings (SSSR count). The molecule has 0 amide bonds. The van der Waals surface area contributed by atoms with Crippen LogP contribution in [0.5, 0.6) is 0 Å². The lowest BCUT2D eigenvalue weighted by Gasteiger charge is -2.25. The largest absolute Gasteiger partial charge is 0.394 e. The molecule has 0 aliphatic carbocycles. The Labute approximate surface area is 108 Å². The maximum atomic E-state index is 9.51. The van der Waals surface area contributed by atoms with Gasteiger partial charge in [0.2, 0.25) is 0 Å². The normalized spacial score (nSPS) is 18.3. The Morgan fingerprint density at radius 3 is 2.06 bits per heavy atom. The van der Waals surface area contributed by atoms with Crippen molar-refractivity contribution in [3.63, 3.8) is 0 Å². The predicted octanol–water partition coefficient (Wildman–Crippen LogP) is -0.981. The van der Waals surface area contributed by atoms with Crippen molar-refractivity contribution in [2.24, 2.45) is 0 Å². The van der Waals surface area contributed by atoms with Gasteiger partial charge < -0.3 is 30.3 Å². The van der Waals surface area contributed by atoms with E-state index in [0.29, 0.717) is 6.61 Å². The van der Waals surface area contributed by atoms with E-state index in [4.69, 9.17) is 14.9 Å². The van der Waals surface area contributed by atoms with Crippen LogP contribution in [0.4, 0.5) is 0 Å². The zero-order valence-corrected chi connectivity index (χ0v) is 10.9. The summed E-state index contributed by atoms with van der Waals surface area (Å²) in [6, 6.07) is 0. The molecule has 18 heavy (non-hydrogen) atoms. The number of unbranched alkanes of at least 4 members (excludes halogenated alkanes) is 3. The molecular weight excluding hydrogens is 240 g/mol. The molecule has 0 aliphatic heterocycles. The Morgan fingerprint density at radius 1 is 0.889 bits per heavy atom. The monoisotopic (exact) mass is 266 g/mol. The second kappa shape index (κ2) is 10.7. The molecule has 4 atom stereocenters. The molecule has 5 N–H and O–H groups in total. The molecule has 0 radical (unpaired) electrons. The summed E-state index contributed by atoms with van der Waals surface area (Å²) < 4.78 is 5.16. The summed E-state index contributed by atoms with van der Waals surface area (Å²) >= 11 is 0. The molecule has 6 nitrogen and oxygen atoms in total. The Balaban J connectivity index is 3.70. The van der Waals surface area contributed by atoms with Crippen LogP contribution in [0.15, 0.2) is 0 Å². The third kappa shape index (κ3) is 7.25. The first-order valence-corrected chi connectivity index (χ1v) is 6.45. The van der Waals surface area contributed by atoms with Crippen molar-refractivity contribution >= 4 is 0 Å². The smallest absolute Gasteiger partial charge is 0.111 e. The van der Waals surface area contributed by atoms with Crippen molar-refractivity contribution in [2.75, 3.05) is 19.8 Å². The maximum Gasteiger partial charge on any atom is 0.111 e. The van der Waals surface area contributed by atoms with Gasteiger partial charge in [-0.1, -0.05) is 26.2 Å². The SMILES string of the molecule is CCCCCCOCC(O)C(O)C(O)C(O)CO. The third-order valence-electron chi connectivity index (χ3n) is 2.76. The van der Waals surface area contributed by atoms with Crippen molar-refractivity contribution in [1.82, 2.24) is 0 Å². The van der Waals surface area contributed by atoms with Crippen molar-refractivity contribution in [3.05, 3.63) is 0 Å². The summed E-state index contributed by atoms with van der Waals surface area (Å²) in [5.41, 5.74) is 0. The van der Waals surface area contributed by atoms with E-state index in [1.165, 1.54) is 0 Å². The van der Waals surface area contributed by atoms with E-state index >= 15 is 0 Å². The fraction of sp³-hybridized carbons (Fsp3) is 1.00. The highest BCUT2D eigenvalue weighted by atomic mass is 16.5. The second-order valence-corrected chi connectivity index (χ2v) is 4.43. The standard InChI is InChI=1S/C12H26O6/c1-2-3-4-5-6-18-8-10(15)12(17)11(16)9(14)7-13/h9-17H,2-8H2,1H3. The fourth-order valence-corrected chi connectivity index (χ4v) is 1.50. The summed E-state index contributed by atoms with van der Waals surface area (Å²) in [6.45, 7) is 1.81. The van der Waals surface area contributed by atoms with Crippen molar-refractivity contribution < 1.29 is 30.3 Å². The highest BCUT2D eigenvalue weighted by molar-refractivity contribution is 4.80. The molecule has 4 unspecified atom stereocenters. The maximum absolute atomic E-state index is 9.51. The van der Waals surface area contributed by atoms with Crippen LogP contribution in [0.25, 0.3) is 0 Å². The van der Waals surface area contributed by atoms with E-state index in [9.17, 15) is 15.3 Å². The van der Waals surface area contributed by atoms with E-state index in [1.807, 2.05) is 0 Å². The van der Waals surface area contributed by atoms with Crippen LogP contribution in [-0.2, 0) is 4.74 Å². The van der Waals surface area contributed by atoms with Gasteiger partial charge in [-0.15, -0.1) is 0 Å². The van der Waals surface area contributed by atoms with Crippen LogP contribution in [0.1, 0.15) is 32.6 Å². The van der Waals surface area contributed by atoms with Crippen LogP contribution < -0.4 is 0 Å². The first-order chi connectivity index (χ1) is 8.54. The second-order valence-electron chi connectivity index (χ2n) is 4.43. The first kappa shape index (κ1) is 17.8. The quantitative estimate of drug-likeness (QED) is 0.307. The van der Waals surface area contributed by atoms with Crippen LogP contribution in [-0.4, -0.2) is 69.8 Å². The van der Waals surface area contributed by atoms with E-state index in [1.54, 1.807) is 0 Å². The first-order valence-electron chi connectivity index (χ1n) is 6.45. The molecule has 0 saturated carbocycles. The molecule has 0 saturated heterocycles. The van der Waals surface area contributed by atoms with Crippen molar-refractivity contribution in [1.29, 1.82) is 0 Å². The van der Waals surface area contributed by atoms with Gasteiger partial charge in [0.05, 0.1) is 13.2 Å². The minimum absolute atomic E-state index is 0.109. The lowest BCUT2D eigenvalue weighted by atomic mass is 10.0. The van der Waals surface area contributed by atoms with Gasteiger partial charge in [0.25, 0.3) is 0 Å². The minimum atomic E-state index is -1.59. The number of ether oxygens (including phenoxy) is 1. The summed E-state index contributed by atoms with van der Waals surface area (Å²) in [6.07, 6.45) is -1.68. The Hall–Kier alpha value is -0.240. The van der Waals surface area contributed by atoms with Gasteiger partial charge in [0.15, 0.2) is 0 Å². The van der Waals surface area contributed by atoms with Gasteiger partial charge in [-0.25, -0.2) is 0 Å². The van der Waals surface area contributed by atoms with E-state index < -0.39 is 31.0 Å². The number of aliphatic hydroxyl groups excluding tert-OH is 5. The van der Waals surface area contributed by atoms with Crippen LogP contribution >= 0.6 is 0 Å². The molecule has 6 heteroatoms. The fourth-order valence-electron chi connectivity index (χ4n) is 1.50. The average molecular weight is 266 g/mol. The Bertz CT molecular complexity index is 189. The van der Waals surface area contributed by atoms with Gasteiger partial charge in [-0.05, 0) is 6.42 Å². The molecule has 0 aliphatic rings. The molecule has 0 spiro atoms. The average Bonchev–Trinajstić information content (AvgIpc) is 2.39. The molecule has 0 aromatic heterocycles. The molecule has 110 valence electrons. The van der Waals surface area contributed by atoms with E-state index in [2.05, 4.69) is 6.92 Å². The van der Waals surface area contributed by atoms with Crippen LogP contribution in [0.3, 0.4) is 0 Å². The van der Waals surface area contributed by atoms with E-state index in [0.717, 1.165) is 25.7 Å². The van der Waals surface area contributed by atoms with Gasteiger partial charge in [-0.2, -0.15) is 0 Å². The van der Waals surface area contributed by atoms with Crippen molar-refractivity contribution in [2.45, 2.75) is 57.0 Å². The molecule has 0 fully saturated rings. The lowest BCUT2D eigenvalue weighted by molar-refractivity contribution is -0.129. The topological polar surface area (TPSA) is 110 Å². The van der Waals surface area contributed by atoms with Crippen LogP contribution in [0, 0.1) is 0 Å². The van der Waals surface area contributed by atoms with E-state index in [-0.39, 0.29) is 6.61 Å². The Morgan fingerprint density at radius 2 is 1.50 bits per heavy atom. The van der Waals surface area contributed by atoms with Gasteiger partial charge in [-0.3, -0.25) is 0 Å². The summed E-state index contributed by atoms with van der Waals surface area (Å²) in [4.78, 5) is 0. The zero-order chi connectivity index (χ0) is 14.0. The number of hydrogen-bond donors (Lipinski definition) is 5. The third-order valence-corrected chi connectivity index (χ3v) is 2.76. The van der Waals surface area contributed by atoms with Gasteiger partial charge >= 0.3 is 0 Å². The number of rotatable bonds is 11.